The first-order chi connectivity index (χ1) is 11.6. The Bertz CT molecular complexity index is 695. The highest BCUT2D eigenvalue weighted by atomic mass is 32.2. The third-order valence-electron chi connectivity index (χ3n) is 4.66. The molecule has 1 aliphatic rings. The van der Waals surface area contributed by atoms with E-state index in [1.807, 2.05) is 18.5 Å². The summed E-state index contributed by atoms with van der Waals surface area (Å²) in [4.78, 5) is 15.2. The highest BCUT2D eigenvalue weighted by molar-refractivity contribution is 8.00. The molecule has 2 aromatic rings. The van der Waals surface area contributed by atoms with Crippen molar-refractivity contribution in [3.63, 3.8) is 0 Å². The van der Waals surface area contributed by atoms with E-state index >= 15 is 0 Å². The summed E-state index contributed by atoms with van der Waals surface area (Å²) in [5.41, 5.74) is 1.22. The highest BCUT2D eigenvalue weighted by Crippen LogP contribution is 2.32. The molecule has 2 atom stereocenters. The zero-order chi connectivity index (χ0) is 17.1. The van der Waals surface area contributed by atoms with Gasteiger partial charge in [0.2, 0.25) is 5.91 Å². The van der Waals surface area contributed by atoms with Crippen molar-refractivity contribution >= 4 is 17.7 Å². The maximum atomic E-state index is 13.1. The summed E-state index contributed by atoms with van der Waals surface area (Å²) in [5, 5.41) is 8.58. The molecule has 1 fully saturated rings. The molecule has 24 heavy (non-hydrogen) atoms. The van der Waals surface area contributed by atoms with Gasteiger partial charge in [0.1, 0.15) is 6.33 Å². The van der Waals surface area contributed by atoms with E-state index in [0.29, 0.717) is 0 Å². The van der Waals surface area contributed by atoms with Crippen molar-refractivity contribution in [3.05, 3.63) is 30.4 Å². The van der Waals surface area contributed by atoms with Gasteiger partial charge in [-0.1, -0.05) is 24.6 Å². The lowest BCUT2D eigenvalue weighted by atomic mass is 10.1. The summed E-state index contributed by atoms with van der Waals surface area (Å²) in [5.74, 6) is 0.191. The monoisotopic (exact) mass is 347 g/mol. The van der Waals surface area contributed by atoms with Crippen molar-refractivity contribution < 1.29 is 4.79 Å². The number of hydrogen-bond acceptors (Lipinski definition) is 4. The fourth-order valence-corrected chi connectivity index (χ4v) is 4.18. The number of carbonyl (C=O) groups excluding carboxylic acids is 1. The van der Waals surface area contributed by atoms with E-state index in [1.165, 1.54) is 30.3 Å². The fraction of sp³-hybridized carbons (Fsp3) is 0.588. The first-order valence-corrected chi connectivity index (χ1v) is 9.38. The minimum absolute atomic E-state index is 0.169. The van der Waals surface area contributed by atoms with Crippen molar-refractivity contribution in [3.8, 4) is 0 Å². The summed E-state index contributed by atoms with van der Waals surface area (Å²) in [7, 11) is 3.96. The van der Waals surface area contributed by atoms with Gasteiger partial charge >= 0.3 is 0 Å². The molecule has 2 aromatic heterocycles. The van der Waals surface area contributed by atoms with Gasteiger partial charge in [-0.3, -0.25) is 4.79 Å². The van der Waals surface area contributed by atoms with Gasteiger partial charge in [0.15, 0.2) is 5.16 Å². The van der Waals surface area contributed by atoms with E-state index in [2.05, 4.69) is 45.0 Å². The molecule has 0 unspecified atom stereocenters. The Labute approximate surface area is 147 Å². The normalized spacial score (nSPS) is 20.0. The minimum Gasteiger partial charge on any atom is -0.353 e. The van der Waals surface area contributed by atoms with E-state index in [9.17, 15) is 4.79 Å². The van der Waals surface area contributed by atoms with Crippen LogP contribution in [0.15, 0.2) is 29.8 Å². The number of aryl methyl sites for hydroxylation is 2. The molecule has 7 heteroatoms. The van der Waals surface area contributed by atoms with E-state index < -0.39 is 0 Å². The van der Waals surface area contributed by atoms with Crippen molar-refractivity contribution in [2.75, 3.05) is 6.54 Å². The Morgan fingerprint density at radius 1 is 1.29 bits per heavy atom. The third kappa shape index (κ3) is 3.50. The highest BCUT2D eigenvalue weighted by Gasteiger charge is 2.31. The molecular weight excluding hydrogens is 322 g/mol. The van der Waals surface area contributed by atoms with Crippen LogP contribution in [0.4, 0.5) is 0 Å². The van der Waals surface area contributed by atoms with Gasteiger partial charge in [0, 0.05) is 32.5 Å². The number of likely N-dealkylation sites (tertiary alicyclic amines) is 1. The van der Waals surface area contributed by atoms with Gasteiger partial charge < -0.3 is 14.0 Å². The van der Waals surface area contributed by atoms with Crippen LogP contribution in [0, 0.1) is 0 Å². The van der Waals surface area contributed by atoms with Crippen LogP contribution in [0.25, 0.3) is 0 Å². The lowest BCUT2D eigenvalue weighted by molar-refractivity contribution is -0.132. The summed E-state index contributed by atoms with van der Waals surface area (Å²) < 4.78 is 3.99. The van der Waals surface area contributed by atoms with Gasteiger partial charge in [-0.05, 0) is 31.9 Å². The third-order valence-corrected chi connectivity index (χ3v) is 5.80. The van der Waals surface area contributed by atoms with Crippen molar-refractivity contribution in [2.45, 2.75) is 49.1 Å². The second-order valence-corrected chi connectivity index (χ2v) is 7.73. The van der Waals surface area contributed by atoms with E-state index in [-0.39, 0.29) is 17.2 Å². The molecule has 6 nitrogen and oxygen atoms in total. The van der Waals surface area contributed by atoms with Gasteiger partial charge in [-0.2, -0.15) is 0 Å². The molecule has 0 saturated carbocycles. The van der Waals surface area contributed by atoms with Crippen LogP contribution < -0.4 is 0 Å². The standard InChI is InChI=1S/C17H25N5OS/c1-13(24-17-19-18-12-21(17)3)16(23)22-11-6-4-5-8-15(22)14-9-7-10-20(14)2/h7,9-10,12-13,15H,4-6,8,11H2,1-3H3/t13-,15-/m0/s1. The molecule has 0 spiro atoms. The molecule has 3 rings (SSSR count). The van der Waals surface area contributed by atoms with Gasteiger partial charge in [0.25, 0.3) is 0 Å². The SMILES string of the molecule is C[C@H](Sc1nncn1C)C(=O)N1CCCCC[C@H]1c1cccn1C. The Hall–Kier alpha value is -1.76. The second kappa shape index (κ2) is 7.42. The molecule has 1 amide bonds. The average molecular weight is 347 g/mol. The van der Waals surface area contributed by atoms with E-state index in [1.54, 1.807) is 6.33 Å². The van der Waals surface area contributed by atoms with Crippen LogP contribution >= 0.6 is 11.8 Å². The van der Waals surface area contributed by atoms with E-state index in [4.69, 9.17) is 0 Å². The number of hydrogen-bond donors (Lipinski definition) is 0. The van der Waals surface area contributed by atoms with Crippen LogP contribution in [0.1, 0.15) is 44.3 Å². The predicted molar refractivity (Wildman–Crippen MR) is 94.7 cm³/mol. The van der Waals surface area contributed by atoms with Gasteiger partial charge in [-0.25, -0.2) is 0 Å². The van der Waals surface area contributed by atoms with Crippen LogP contribution in [0.5, 0.6) is 0 Å². The molecule has 130 valence electrons. The van der Waals surface area contributed by atoms with E-state index in [0.717, 1.165) is 24.5 Å². The maximum absolute atomic E-state index is 13.1. The number of thioether (sulfide) groups is 1. The summed E-state index contributed by atoms with van der Waals surface area (Å²) in [6.45, 7) is 2.80. The molecule has 0 bridgehead atoms. The Morgan fingerprint density at radius 3 is 2.79 bits per heavy atom. The fourth-order valence-electron chi connectivity index (χ4n) is 3.32. The average Bonchev–Trinajstić information content (AvgIpc) is 3.08. The number of nitrogens with zero attached hydrogens (tertiary/aromatic N) is 5. The maximum Gasteiger partial charge on any atom is 0.236 e. The molecule has 0 radical (unpaired) electrons. The predicted octanol–water partition coefficient (Wildman–Crippen LogP) is 2.78. The van der Waals surface area contributed by atoms with Crippen LogP contribution in [-0.4, -0.2) is 41.9 Å². The Balaban J connectivity index is 1.79. The molecule has 0 N–H and O–H groups in total. The van der Waals surface area contributed by atoms with Crippen LogP contribution in [0.3, 0.4) is 0 Å². The van der Waals surface area contributed by atoms with Gasteiger partial charge in [0.05, 0.1) is 11.3 Å². The van der Waals surface area contributed by atoms with Crippen LogP contribution in [-0.2, 0) is 18.9 Å². The summed E-state index contributed by atoms with van der Waals surface area (Å²) in [6.07, 6.45) is 8.19. The molecule has 3 heterocycles. The first kappa shape index (κ1) is 17.1. The topological polar surface area (TPSA) is 56.0 Å². The molecule has 0 aliphatic carbocycles. The summed E-state index contributed by atoms with van der Waals surface area (Å²) >= 11 is 1.48. The molecule has 1 aliphatic heterocycles. The summed E-state index contributed by atoms with van der Waals surface area (Å²) in [6, 6.07) is 4.36. The second-order valence-electron chi connectivity index (χ2n) is 6.43. The molecular formula is C17H25N5OS. The molecule has 0 aromatic carbocycles. The number of carbonyl (C=O) groups is 1. The van der Waals surface area contributed by atoms with Crippen molar-refractivity contribution in [2.24, 2.45) is 14.1 Å². The largest absolute Gasteiger partial charge is 0.353 e. The number of rotatable bonds is 4. The van der Waals surface area contributed by atoms with Gasteiger partial charge in [-0.15, -0.1) is 10.2 Å². The smallest absolute Gasteiger partial charge is 0.236 e. The number of aromatic nitrogens is 4. The minimum atomic E-state index is -0.172. The lowest BCUT2D eigenvalue weighted by Crippen LogP contribution is -2.40. The van der Waals surface area contributed by atoms with Crippen LogP contribution in [0.2, 0.25) is 0 Å². The Morgan fingerprint density at radius 2 is 2.12 bits per heavy atom. The zero-order valence-electron chi connectivity index (χ0n) is 14.6. The quantitative estimate of drug-likeness (QED) is 0.798. The first-order valence-electron chi connectivity index (χ1n) is 8.50. The van der Waals surface area contributed by atoms with Crippen molar-refractivity contribution in [1.82, 2.24) is 24.2 Å². The number of amides is 1. The lowest BCUT2D eigenvalue weighted by Gasteiger charge is -2.32. The molecule has 1 saturated heterocycles. The zero-order valence-corrected chi connectivity index (χ0v) is 15.4. The Kier molecular flexibility index (Phi) is 5.28. The van der Waals surface area contributed by atoms with Crippen molar-refractivity contribution in [1.29, 1.82) is 0 Å².